The molecule has 2 heterocycles. The Labute approximate surface area is 122 Å². The summed E-state index contributed by atoms with van der Waals surface area (Å²) >= 11 is 0. The second-order valence-corrected chi connectivity index (χ2v) is 5.38. The molecule has 7 heteroatoms. The maximum absolute atomic E-state index is 10.8. The summed E-state index contributed by atoms with van der Waals surface area (Å²) in [4.78, 5) is 17.0. The lowest BCUT2D eigenvalue weighted by atomic mass is 10.1. The van der Waals surface area contributed by atoms with Gasteiger partial charge in [-0.2, -0.15) is 0 Å². The number of likely N-dealkylation sites (tertiary alicyclic amines) is 1. The largest absolute Gasteiger partial charge is 0.439 e. The minimum Gasteiger partial charge on any atom is -0.439 e. The molecule has 0 radical (unpaired) electrons. The highest BCUT2D eigenvalue weighted by molar-refractivity contribution is 5.75. The number of rotatable bonds is 4. The van der Waals surface area contributed by atoms with E-state index in [1.54, 1.807) is 6.07 Å². The Kier molecular flexibility index (Phi) is 3.85. The number of oxazole rings is 1. The molecule has 2 aromatic rings. The summed E-state index contributed by atoms with van der Waals surface area (Å²) in [5, 5.41) is 14.1. The predicted molar refractivity (Wildman–Crippen MR) is 78.0 cm³/mol. The molecule has 21 heavy (non-hydrogen) atoms. The number of likely N-dealkylation sites (N-methyl/N-ethyl adjacent to an activating group) is 1. The average Bonchev–Trinajstić information content (AvgIpc) is 2.88. The highest BCUT2D eigenvalue weighted by atomic mass is 16.6. The van der Waals surface area contributed by atoms with Crippen LogP contribution in [0.1, 0.15) is 18.7 Å². The standard InChI is InChI=1S/C14H18N4O3/c1-15-10-3-2-6-17(8-10)9-14-16-12-7-11(18(19)20)4-5-13(12)21-14/h4-5,7,10,15H,2-3,6,8-9H2,1H3. The van der Waals surface area contributed by atoms with Crippen molar-refractivity contribution in [2.75, 3.05) is 20.1 Å². The van der Waals surface area contributed by atoms with E-state index in [2.05, 4.69) is 15.2 Å². The lowest BCUT2D eigenvalue weighted by Crippen LogP contribution is -2.43. The van der Waals surface area contributed by atoms with Crippen molar-refractivity contribution in [2.45, 2.75) is 25.4 Å². The van der Waals surface area contributed by atoms with Crippen molar-refractivity contribution in [3.63, 3.8) is 0 Å². The van der Waals surface area contributed by atoms with E-state index in [9.17, 15) is 10.1 Å². The van der Waals surface area contributed by atoms with Crippen molar-refractivity contribution in [1.29, 1.82) is 0 Å². The summed E-state index contributed by atoms with van der Waals surface area (Å²) < 4.78 is 5.68. The maximum Gasteiger partial charge on any atom is 0.271 e. The smallest absolute Gasteiger partial charge is 0.271 e. The van der Waals surface area contributed by atoms with E-state index in [0.29, 0.717) is 29.6 Å². The van der Waals surface area contributed by atoms with Crippen molar-refractivity contribution in [3.05, 3.63) is 34.2 Å². The first-order valence-corrected chi connectivity index (χ1v) is 7.09. The second-order valence-electron chi connectivity index (χ2n) is 5.38. The molecule has 0 aliphatic carbocycles. The van der Waals surface area contributed by atoms with Crippen LogP contribution in [-0.2, 0) is 6.54 Å². The van der Waals surface area contributed by atoms with Crippen LogP contribution in [-0.4, -0.2) is 41.0 Å². The third kappa shape index (κ3) is 3.03. The van der Waals surface area contributed by atoms with E-state index in [1.807, 2.05) is 7.05 Å². The SMILES string of the molecule is CNC1CCCN(Cc2nc3cc([N+](=O)[O-])ccc3o2)C1. The molecule has 1 N–H and O–H groups in total. The number of aromatic nitrogens is 1. The number of nitro benzene ring substituents is 1. The molecule has 1 saturated heterocycles. The Morgan fingerprint density at radius 2 is 2.43 bits per heavy atom. The first-order valence-electron chi connectivity index (χ1n) is 7.09. The summed E-state index contributed by atoms with van der Waals surface area (Å²) in [5.41, 5.74) is 1.18. The van der Waals surface area contributed by atoms with Gasteiger partial charge in [-0.05, 0) is 32.5 Å². The van der Waals surface area contributed by atoms with Gasteiger partial charge < -0.3 is 9.73 Å². The summed E-state index contributed by atoms with van der Waals surface area (Å²) in [5.74, 6) is 0.613. The zero-order chi connectivity index (χ0) is 14.8. The third-order valence-electron chi connectivity index (χ3n) is 3.90. The summed E-state index contributed by atoms with van der Waals surface area (Å²) in [6.07, 6.45) is 2.34. The number of piperidine rings is 1. The van der Waals surface area contributed by atoms with Crippen molar-refractivity contribution < 1.29 is 9.34 Å². The van der Waals surface area contributed by atoms with E-state index in [1.165, 1.54) is 18.6 Å². The van der Waals surface area contributed by atoms with Gasteiger partial charge in [0.1, 0.15) is 5.52 Å². The number of nitro groups is 1. The van der Waals surface area contributed by atoms with E-state index in [-0.39, 0.29) is 5.69 Å². The topological polar surface area (TPSA) is 84.4 Å². The van der Waals surface area contributed by atoms with Crippen LogP contribution in [0, 0.1) is 10.1 Å². The maximum atomic E-state index is 10.8. The molecule has 1 aliphatic heterocycles. The Balaban J connectivity index is 1.76. The number of nitrogens with one attached hydrogen (secondary N) is 1. The first-order chi connectivity index (χ1) is 10.2. The number of fused-ring (bicyclic) bond motifs is 1. The monoisotopic (exact) mass is 290 g/mol. The van der Waals surface area contributed by atoms with Crippen LogP contribution in [0.4, 0.5) is 5.69 Å². The molecule has 0 bridgehead atoms. The van der Waals surface area contributed by atoms with Crippen molar-refractivity contribution in [1.82, 2.24) is 15.2 Å². The van der Waals surface area contributed by atoms with Crippen molar-refractivity contribution >= 4 is 16.8 Å². The molecular formula is C14H18N4O3. The number of hydrogen-bond donors (Lipinski definition) is 1. The zero-order valence-electron chi connectivity index (χ0n) is 11.9. The highest BCUT2D eigenvalue weighted by Crippen LogP contribution is 2.22. The fraction of sp³-hybridized carbons (Fsp3) is 0.500. The van der Waals surface area contributed by atoms with E-state index in [0.717, 1.165) is 19.5 Å². The molecule has 0 amide bonds. The molecule has 1 aromatic heterocycles. The average molecular weight is 290 g/mol. The van der Waals surface area contributed by atoms with Crippen LogP contribution in [0.25, 0.3) is 11.1 Å². The first kappa shape index (κ1) is 14.0. The van der Waals surface area contributed by atoms with Crippen molar-refractivity contribution in [2.24, 2.45) is 0 Å². The third-order valence-corrected chi connectivity index (χ3v) is 3.90. The van der Waals surface area contributed by atoms with Crippen LogP contribution >= 0.6 is 0 Å². The van der Waals surface area contributed by atoms with E-state index < -0.39 is 4.92 Å². The Bertz CT molecular complexity index is 655. The predicted octanol–water partition coefficient (Wildman–Crippen LogP) is 1.92. The number of benzene rings is 1. The van der Waals surface area contributed by atoms with Gasteiger partial charge in [0, 0.05) is 24.7 Å². The van der Waals surface area contributed by atoms with Gasteiger partial charge in [-0.25, -0.2) is 4.98 Å². The van der Waals surface area contributed by atoms with Crippen LogP contribution in [0.3, 0.4) is 0 Å². The highest BCUT2D eigenvalue weighted by Gasteiger charge is 2.20. The molecule has 112 valence electrons. The fourth-order valence-electron chi connectivity index (χ4n) is 2.77. The minimum atomic E-state index is -0.421. The van der Waals surface area contributed by atoms with Gasteiger partial charge in [-0.1, -0.05) is 0 Å². The number of nitrogens with zero attached hydrogens (tertiary/aromatic N) is 3. The van der Waals surface area contributed by atoms with Crippen LogP contribution in [0.15, 0.2) is 22.6 Å². The quantitative estimate of drug-likeness (QED) is 0.684. The molecule has 7 nitrogen and oxygen atoms in total. The Hall–Kier alpha value is -1.99. The molecule has 0 spiro atoms. The van der Waals surface area contributed by atoms with Gasteiger partial charge >= 0.3 is 0 Å². The molecule has 1 unspecified atom stereocenters. The fourth-order valence-corrected chi connectivity index (χ4v) is 2.77. The van der Waals surface area contributed by atoms with Gasteiger partial charge in [-0.15, -0.1) is 0 Å². The Morgan fingerprint density at radius 1 is 1.57 bits per heavy atom. The van der Waals surface area contributed by atoms with Crippen molar-refractivity contribution in [3.8, 4) is 0 Å². The summed E-state index contributed by atoms with van der Waals surface area (Å²) in [6.45, 7) is 2.63. The Morgan fingerprint density at radius 3 is 3.19 bits per heavy atom. The molecule has 3 rings (SSSR count). The van der Waals surface area contributed by atoms with Crippen LogP contribution < -0.4 is 5.32 Å². The lowest BCUT2D eigenvalue weighted by molar-refractivity contribution is -0.384. The molecule has 1 aliphatic rings. The summed E-state index contributed by atoms with van der Waals surface area (Å²) in [7, 11) is 1.98. The van der Waals surface area contributed by atoms with Crippen LogP contribution in [0.5, 0.6) is 0 Å². The lowest BCUT2D eigenvalue weighted by Gasteiger charge is -2.31. The van der Waals surface area contributed by atoms with Gasteiger partial charge in [0.05, 0.1) is 11.5 Å². The minimum absolute atomic E-state index is 0.0376. The number of non-ortho nitro benzene ring substituents is 1. The molecule has 1 fully saturated rings. The molecule has 1 atom stereocenters. The van der Waals surface area contributed by atoms with Crippen LogP contribution in [0.2, 0.25) is 0 Å². The van der Waals surface area contributed by atoms with E-state index >= 15 is 0 Å². The molecular weight excluding hydrogens is 272 g/mol. The van der Waals surface area contributed by atoms with E-state index in [4.69, 9.17) is 4.42 Å². The van der Waals surface area contributed by atoms with Gasteiger partial charge in [-0.3, -0.25) is 15.0 Å². The second kappa shape index (κ2) is 5.79. The van der Waals surface area contributed by atoms with Gasteiger partial charge in [0.15, 0.2) is 5.58 Å². The zero-order valence-corrected chi connectivity index (χ0v) is 11.9. The van der Waals surface area contributed by atoms with Gasteiger partial charge in [0.25, 0.3) is 5.69 Å². The van der Waals surface area contributed by atoms with Gasteiger partial charge in [0.2, 0.25) is 5.89 Å². The molecule has 0 saturated carbocycles. The molecule has 1 aromatic carbocycles. The number of hydrogen-bond acceptors (Lipinski definition) is 6. The normalized spacial score (nSPS) is 20.0. The summed E-state index contributed by atoms with van der Waals surface area (Å²) in [6, 6.07) is 5.00.